The van der Waals surface area contributed by atoms with Gasteiger partial charge in [0.15, 0.2) is 0 Å². The summed E-state index contributed by atoms with van der Waals surface area (Å²) in [7, 11) is 0. The number of hydrogen-bond acceptors (Lipinski definition) is 5. The molecule has 2 rings (SSSR count). The second kappa shape index (κ2) is 5.64. The van der Waals surface area contributed by atoms with Crippen LogP contribution in [0.5, 0.6) is 0 Å². The molecule has 1 aliphatic heterocycles. The Morgan fingerprint density at radius 2 is 2.00 bits per heavy atom. The Morgan fingerprint density at radius 3 is 2.53 bits per heavy atom. The van der Waals surface area contributed by atoms with Gasteiger partial charge in [0.2, 0.25) is 10.6 Å². The molecule has 0 aliphatic carbocycles. The minimum Gasteiger partial charge on any atom is -0.429 e. The topological polar surface area (TPSA) is 76.0 Å². The number of aliphatic hydroxyl groups is 2. The zero-order valence-corrected chi connectivity index (χ0v) is 11.2. The Hall–Kier alpha value is -0.850. The molecule has 0 spiro atoms. The van der Waals surface area contributed by atoms with Gasteiger partial charge in [0.05, 0.1) is 12.2 Å². The molecule has 104 valence electrons. The third kappa shape index (κ3) is 2.85. The summed E-state index contributed by atoms with van der Waals surface area (Å²) >= 11 is 11.8. The molecule has 0 saturated carbocycles. The van der Waals surface area contributed by atoms with Gasteiger partial charge < -0.3 is 19.7 Å². The number of esters is 1. The van der Waals surface area contributed by atoms with Crippen molar-refractivity contribution in [3.8, 4) is 0 Å². The largest absolute Gasteiger partial charge is 0.429 e. The molecule has 1 aromatic rings. The number of ether oxygens (including phenoxy) is 2. The lowest BCUT2D eigenvalue weighted by Gasteiger charge is -2.22. The number of aliphatic hydroxyl groups excluding tert-OH is 2. The molecule has 0 bridgehead atoms. The van der Waals surface area contributed by atoms with Gasteiger partial charge in [-0.15, -0.1) is 0 Å². The van der Waals surface area contributed by atoms with Gasteiger partial charge in [-0.3, -0.25) is 0 Å². The van der Waals surface area contributed by atoms with E-state index in [1.54, 1.807) is 30.3 Å². The Labute approximate surface area is 119 Å². The molecule has 1 fully saturated rings. The van der Waals surface area contributed by atoms with Crippen LogP contribution in [0.15, 0.2) is 30.3 Å². The van der Waals surface area contributed by atoms with E-state index < -0.39 is 35.4 Å². The van der Waals surface area contributed by atoms with Crippen molar-refractivity contribution in [3.63, 3.8) is 0 Å². The number of alkyl halides is 2. The van der Waals surface area contributed by atoms with Crippen LogP contribution in [-0.2, 0) is 9.47 Å². The van der Waals surface area contributed by atoms with E-state index in [9.17, 15) is 9.90 Å². The average molecular weight is 307 g/mol. The van der Waals surface area contributed by atoms with Gasteiger partial charge in [-0.05, 0) is 12.1 Å². The van der Waals surface area contributed by atoms with Crippen molar-refractivity contribution in [1.29, 1.82) is 0 Å². The quantitative estimate of drug-likeness (QED) is 0.646. The number of carbonyl (C=O) groups is 1. The van der Waals surface area contributed by atoms with Crippen molar-refractivity contribution in [1.82, 2.24) is 0 Å². The summed E-state index contributed by atoms with van der Waals surface area (Å²) in [6, 6.07) is 8.21. The van der Waals surface area contributed by atoms with Crippen LogP contribution in [0, 0.1) is 0 Å². The van der Waals surface area contributed by atoms with Crippen molar-refractivity contribution >= 4 is 29.2 Å². The van der Waals surface area contributed by atoms with Crippen LogP contribution in [-0.4, -0.2) is 45.6 Å². The first-order valence-electron chi connectivity index (χ1n) is 5.55. The molecule has 1 saturated heterocycles. The van der Waals surface area contributed by atoms with Crippen LogP contribution >= 0.6 is 23.2 Å². The number of halogens is 2. The maximum Gasteiger partial charge on any atom is 0.340 e. The maximum absolute atomic E-state index is 11.8. The second-order valence-electron chi connectivity index (χ2n) is 4.08. The lowest BCUT2D eigenvalue weighted by atomic mass is 10.2. The molecular weight excluding hydrogens is 295 g/mol. The zero-order valence-electron chi connectivity index (χ0n) is 9.70. The number of benzene rings is 1. The van der Waals surface area contributed by atoms with E-state index in [-0.39, 0.29) is 0 Å². The first-order chi connectivity index (χ1) is 8.96. The van der Waals surface area contributed by atoms with Crippen LogP contribution in [0.1, 0.15) is 10.4 Å². The highest BCUT2D eigenvalue weighted by molar-refractivity contribution is 6.49. The van der Waals surface area contributed by atoms with E-state index in [4.69, 9.17) is 37.8 Å². The van der Waals surface area contributed by atoms with Gasteiger partial charge in [0.1, 0.15) is 12.2 Å². The summed E-state index contributed by atoms with van der Waals surface area (Å²) in [4.78, 5) is 11.8. The number of carbonyl (C=O) groups excluding carboxylic acids is 1. The Morgan fingerprint density at radius 1 is 1.37 bits per heavy atom. The van der Waals surface area contributed by atoms with Gasteiger partial charge in [-0.2, -0.15) is 0 Å². The third-order valence-electron chi connectivity index (χ3n) is 2.76. The van der Waals surface area contributed by atoms with E-state index in [2.05, 4.69) is 0 Å². The lowest BCUT2D eigenvalue weighted by molar-refractivity contribution is -0.117. The number of rotatable bonds is 3. The Balaban J connectivity index is 2.09. The third-order valence-corrected chi connectivity index (χ3v) is 3.57. The van der Waals surface area contributed by atoms with E-state index >= 15 is 0 Å². The molecular formula is C12H12Cl2O5. The zero-order chi connectivity index (χ0) is 14.0. The fraction of sp³-hybridized carbons (Fsp3) is 0.417. The maximum atomic E-state index is 11.8. The van der Waals surface area contributed by atoms with E-state index in [0.29, 0.717) is 5.56 Å². The SMILES string of the molecule is O=C(OC1O[C@H](CO)C(O)C1(Cl)Cl)c1ccccc1. The van der Waals surface area contributed by atoms with Gasteiger partial charge >= 0.3 is 5.97 Å². The second-order valence-corrected chi connectivity index (χ2v) is 5.52. The summed E-state index contributed by atoms with van der Waals surface area (Å²) in [5.74, 6) is -0.679. The lowest BCUT2D eigenvalue weighted by Crippen LogP contribution is -2.40. The standard InChI is InChI=1S/C12H12Cl2O5/c13-12(14)9(16)8(6-15)18-11(12)19-10(17)7-4-2-1-3-5-7/h1-5,8-9,11,15-16H,6H2/t8-,9?,11?/m1/s1. The predicted octanol–water partition coefficient (Wildman–Crippen LogP) is 1.10. The smallest absolute Gasteiger partial charge is 0.340 e. The Bertz CT molecular complexity index is 451. The summed E-state index contributed by atoms with van der Waals surface area (Å²) < 4.78 is 8.32. The van der Waals surface area contributed by atoms with Crippen LogP contribution in [0.25, 0.3) is 0 Å². The predicted molar refractivity (Wildman–Crippen MR) is 68.0 cm³/mol. The molecule has 0 amide bonds. The molecule has 1 aromatic carbocycles. The fourth-order valence-electron chi connectivity index (χ4n) is 1.70. The van der Waals surface area contributed by atoms with Crippen molar-refractivity contribution in [2.75, 3.05) is 6.61 Å². The molecule has 3 atom stereocenters. The van der Waals surface area contributed by atoms with Crippen LogP contribution < -0.4 is 0 Å². The van der Waals surface area contributed by atoms with Gasteiger partial charge in [-0.1, -0.05) is 41.4 Å². The van der Waals surface area contributed by atoms with Crippen molar-refractivity contribution in [2.45, 2.75) is 22.8 Å². The van der Waals surface area contributed by atoms with Crippen molar-refractivity contribution in [2.24, 2.45) is 0 Å². The van der Waals surface area contributed by atoms with Crippen LogP contribution in [0.2, 0.25) is 0 Å². The van der Waals surface area contributed by atoms with E-state index in [1.807, 2.05) is 0 Å². The summed E-state index contributed by atoms with van der Waals surface area (Å²) in [5.41, 5.74) is 0.303. The van der Waals surface area contributed by atoms with E-state index in [0.717, 1.165) is 0 Å². The highest BCUT2D eigenvalue weighted by Gasteiger charge is 2.56. The monoisotopic (exact) mass is 306 g/mol. The number of hydrogen-bond donors (Lipinski definition) is 2. The molecule has 1 heterocycles. The summed E-state index contributed by atoms with van der Waals surface area (Å²) in [5, 5.41) is 18.7. The molecule has 2 unspecified atom stereocenters. The van der Waals surface area contributed by atoms with Crippen molar-refractivity contribution in [3.05, 3.63) is 35.9 Å². The molecule has 0 radical (unpaired) electrons. The first-order valence-corrected chi connectivity index (χ1v) is 6.30. The fourth-order valence-corrected chi connectivity index (χ4v) is 2.17. The Kier molecular flexibility index (Phi) is 4.32. The average Bonchev–Trinajstić information content (AvgIpc) is 2.63. The molecule has 7 heteroatoms. The molecule has 2 N–H and O–H groups in total. The van der Waals surface area contributed by atoms with Crippen LogP contribution in [0.4, 0.5) is 0 Å². The molecule has 5 nitrogen and oxygen atoms in total. The highest BCUT2D eigenvalue weighted by atomic mass is 35.5. The van der Waals surface area contributed by atoms with Crippen molar-refractivity contribution < 1.29 is 24.5 Å². The van der Waals surface area contributed by atoms with Gasteiger partial charge in [0, 0.05) is 0 Å². The minimum absolute atomic E-state index is 0.303. The van der Waals surface area contributed by atoms with Gasteiger partial charge in [0.25, 0.3) is 0 Å². The molecule has 1 aliphatic rings. The molecule has 19 heavy (non-hydrogen) atoms. The van der Waals surface area contributed by atoms with E-state index in [1.165, 1.54) is 0 Å². The summed E-state index contributed by atoms with van der Waals surface area (Å²) in [6.07, 6.45) is -3.70. The highest BCUT2D eigenvalue weighted by Crippen LogP contribution is 2.41. The minimum atomic E-state index is -1.82. The molecule has 0 aromatic heterocycles. The first kappa shape index (κ1) is 14.6. The normalized spacial score (nSPS) is 29.2. The van der Waals surface area contributed by atoms with Gasteiger partial charge in [-0.25, -0.2) is 4.79 Å². The summed E-state index contributed by atoms with van der Waals surface area (Å²) in [6.45, 7) is -0.484. The van der Waals surface area contributed by atoms with Crippen LogP contribution in [0.3, 0.4) is 0 Å².